The zero-order valence-corrected chi connectivity index (χ0v) is 12.9. The fourth-order valence-corrected chi connectivity index (χ4v) is 1.72. The van der Waals surface area contributed by atoms with E-state index in [4.69, 9.17) is 11.6 Å². The lowest BCUT2D eigenvalue weighted by Gasteiger charge is -2.14. The molecular formula is C15H17ClN4O. The summed E-state index contributed by atoms with van der Waals surface area (Å²) >= 11 is 5.79. The monoisotopic (exact) mass is 304 g/mol. The second-order valence-corrected chi connectivity index (χ2v) is 6.10. The molecule has 0 bridgehead atoms. The van der Waals surface area contributed by atoms with Crippen molar-refractivity contribution in [3.63, 3.8) is 0 Å². The van der Waals surface area contributed by atoms with Crippen LogP contribution in [-0.4, -0.2) is 22.3 Å². The van der Waals surface area contributed by atoms with E-state index in [1.807, 2.05) is 32.9 Å². The first-order chi connectivity index (χ1) is 9.86. The van der Waals surface area contributed by atoms with Crippen LogP contribution < -0.4 is 5.43 Å². The van der Waals surface area contributed by atoms with Crippen molar-refractivity contribution in [1.29, 1.82) is 0 Å². The molecule has 2 rings (SSSR count). The molecule has 2 aromatic rings. The van der Waals surface area contributed by atoms with Crippen molar-refractivity contribution in [3.8, 4) is 0 Å². The molecule has 0 radical (unpaired) electrons. The maximum Gasteiger partial charge on any atom is 0.291 e. The minimum Gasteiger partial charge on any atom is -0.281 e. The maximum atomic E-state index is 11.9. The van der Waals surface area contributed by atoms with Gasteiger partial charge < -0.3 is 0 Å². The van der Waals surface area contributed by atoms with Gasteiger partial charge >= 0.3 is 0 Å². The molecule has 21 heavy (non-hydrogen) atoms. The zero-order valence-electron chi connectivity index (χ0n) is 12.1. The van der Waals surface area contributed by atoms with Crippen molar-refractivity contribution < 1.29 is 4.79 Å². The number of carbonyl (C=O) groups excluding carboxylic acids is 1. The Morgan fingerprint density at radius 3 is 2.57 bits per heavy atom. The number of hydrogen-bond acceptors (Lipinski definition) is 3. The number of rotatable bonds is 3. The number of aromatic nitrogens is 2. The van der Waals surface area contributed by atoms with Crippen LogP contribution in [0.5, 0.6) is 0 Å². The van der Waals surface area contributed by atoms with Crippen LogP contribution in [0, 0.1) is 0 Å². The Bertz CT molecular complexity index is 653. The molecule has 0 spiro atoms. The molecule has 1 aromatic heterocycles. The number of hydrazone groups is 1. The largest absolute Gasteiger partial charge is 0.291 e. The van der Waals surface area contributed by atoms with Gasteiger partial charge in [-0.1, -0.05) is 44.5 Å². The smallest absolute Gasteiger partial charge is 0.281 e. The Kier molecular flexibility index (Phi) is 4.43. The molecule has 0 aliphatic rings. The maximum absolute atomic E-state index is 11.9. The first-order valence-electron chi connectivity index (χ1n) is 6.51. The van der Waals surface area contributed by atoms with Crippen LogP contribution in [0.15, 0.2) is 35.4 Å². The summed E-state index contributed by atoms with van der Waals surface area (Å²) in [5.41, 5.74) is 4.41. The van der Waals surface area contributed by atoms with E-state index in [0.29, 0.717) is 10.7 Å². The summed E-state index contributed by atoms with van der Waals surface area (Å²) < 4.78 is 0. The highest BCUT2D eigenvalue weighted by Crippen LogP contribution is 2.20. The lowest BCUT2D eigenvalue weighted by atomic mass is 9.92. The van der Waals surface area contributed by atoms with Crippen LogP contribution in [0.3, 0.4) is 0 Å². The molecular weight excluding hydrogens is 288 g/mol. The number of halogens is 1. The molecule has 1 aromatic carbocycles. The standard InChI is InChI=1S/C15H17ClN4O/c1-15(2,3)13-8-12(18-19-13)14(21)20-17-9-10-4-6-11(16)7-5-10/h4-9H,1-3H3,(H,18,19)(H,20,21). The van der Waals surface area contributed by atoms with E-state index < -0.39 is 0 Å². The summed E-state index contributed by atoms with van der Waals surface area (Å²) in [5.74, 6) is -0.355. The average molecular weight is 305 g/mol. The quantitative estimate of drug-likeness (QED) is 0.675. The number of amides is 1. The average Bonchev–Trinajstić information content (AvgIpc) is 2.90. The predicted molar refractivity (Wildman–Crippen MR) is 83.8 cm³/mol. The molecule has 0 unspecified atom stereocenters. The van der Waals surface area contributed by atoms with E-state index in [9.17, 15) is 4.79 Å². The van der Waals surface area contributed by atoms with Gasteiger partial charge in [-0.3, -0.25) is 9.89 Å². The molecule has 5 nitrogen and oxygen atoms in total. The molecule has 0 saturated heterocycles. The number of benzene rings is 1. The van der Waals surface area contributed by atoms with Gasteiger partial charge in [0.25, 0.3) is 5.91 Å². The second-order valence-electron chi connectivity index (χ2n) is 5.67. The van der Waals surface area contributed by atoms with Gasteiger partial charge in [0.2, 0.25) is 0 Å². The fraction of sp³-hybridized carbons (Fsp3) is 0.267. The van der Waals surface area contributed by atoms with Crippen LogP contribution >= 0.6 is 11.6 Å². The molecule has 6 heteroatoms. The van der Waals surface area contributed by atoms with Crippen molar-refractivity contribution in [2.24, 2.45) is 5.10 Å². The third-order valence-electron chi connectivity index (χ3n) is 2.87. The Morgan fingerprint density at radius 2 is 2.00 bits per heavy atom. The third-order valence-corrected chi connectivity index (χ3v) is 3.12. The molecule has 0 aliphatic carbocycles. The predicted octanol–water partition coefficient (Wildman–Crippen LogP) is 3.12. The Hall–Kier alpha value is -2.14. The van der Waals surface area contributed by atoms with Crippen LogP contribution in [0.2, 0.25) is 5.02 Å². The third kappa shape index (κ3) is 4.16. The highest BCUT2D eigenvalue weighted by atomic mass is 35.5. The molecule has 0 aliphatic heterocycles. The van der Waals surface area contributed by atoms with E-state index in [1.54, 1.807) is 24.4 Å². The topological polar surface area (TPSA) is 70.1 Å². The van der Waals surface area contributed by atoms with Crippen molar-refractivity contribution in [2.75, 3.05) is 0 Å². The summed E-state index contributed by atoms with van der Waals surface area (Å²) in [7, 11) is 0. The van der Waals surface area contributed by atoms with E-state index in [1.165, 1.54) is 0 Å². The van der Waals surface area contributed by atoms with Gasteiger partial charge in [0, 0.05) is 16.1 Å². The van der Waals surface area contributed by atoms with E-state index in [-0.39, 0.29) is 11.3 Å². The van der Waals surface area contributed by atoms with Crippen molar-refractivity contribution >= 4 is 23.7 Å². The summed E-state index contributed by atoms with van der Waals surface area (Å²) in [5, 5.41) is 11.4. The van der Waals surface area contributed by atoms with Gasteiger partial charge in [0.1, 0.15) is 0 Å². The SMILES string of the molecule is CC(C)(C)c1cc(C(=O)NN=Cc2ccc(Cl)cc2)n[nH]1. The van der Waals surface area contributed by atoms with Crippen molar-refractivity contribution in [2.45, 2.75) is 26.2 Å². The summed E-state index contributed by atoms with van der Waals surface area (Å²) in [6, 6.07) is 8.86. The molecule has 0 atom stereocenters. The highest BCUT2D eigenvalue weighted by Gasteiger charge is 2.18. The first-order valence-corrected chi connectivity index (χ1v) is 6.89. The van der Waals surface area contributed by atoms with Crippen LogP contribution in [-0.2, 0) is 5.41 Å². The fourth-order valence-electron chi connectivity index (χ4n) is 1.59. The summed E-state index contributed by atoms with van der Waals surface area (Å²) in [6.07, 6.45) is 1.55. The van der Waals surface area contributed by atoms with E-state index in [0.717, 1.165) is 11.3 Å². The lowest BCUT2D eigenvalue weighted by molar-refractivity contribution is 0.0950. The minimum absolute atomic E-state index is 0.0852. The molecule has 0 saturated carbocycles. The van der Waals surface area contributed by atoms with Crippen molar-refractivity contribution in [3.05, 3.63) is 52.3 Å². The molecule has 1 heterocycles. The van der Waals surface area contributed by atoms with Gasteiger partial charge in [-0.25, -0.2) is 5.43 Å². The molecule has 1 amide bonds. The van der Waals surface area contributed by atoms with E-state index in [2.05, 4.69) is 20.7 Å². The minimum atomic E-state index is -0.355. The van der Waals surface area contributed by atoms with Crippen LogP contribution in [0.25, 0.3) is 0 Å². The summed E-state index contributed by atoms with van der Waals surface area (Å²) in [6.45, 7) is 6.13. The molecule has 0 fully saturated rings. The Morgan fingerprint density at radius 1 is 1.33 bits per heavy atom. The molecule has 2 N–H and O–H groups in total. The van der Waals surface area contributed by atoms with Gasteiger partial charge in [-0.2, -0.15) is 10.2 Å². The summed E-state index contributed by atoms with van der Waals surface area (Å²) in [4.78, 5) is 11.9. The number of aromatic amines is 1. The Balaban J connectivity index is 1.98. The second kappa shape index (κ2) is 6.10. The van der Waals surface area contributed by atoms with Gasteiger partial charge in [-0.15, -0.1) is 0 Å². The van der Waals surface area contributed by atoms with E-state index >= 15 is 0 Å². The zero-order chi connectivity index (χ0) is 15.5. The van der Waals surface area contributed by atoms with Gasteiger partial charge in [0.05, 0.1) is 6.21 Å². The number of H-pyrrole nitrogens is 1. The highest BCUT2D eigenvalue weighted by molar-refractivity contribution is 6.30. The van der Waals surface area contributed by atoms with Gasteiger partial charge in [0.15, 0.2) is 5.69 Å². The molecule has 110 valence electrons. The first kappa shape index (κ1) is 15.3. The number of carbonyl (C=O) groups is 1. The van der Waals surface area contributed by atoms with Gasteiger partial charge in [-0.05, 0) is 23.8 Å². The Labute approximate surface area is 128 Å². The van der Waals surface area contributed by atoms with Crippen LogP contribution in [0.1, 0.15) is 42.5 Å². The van der Waals surface area contributed by atoms with Crippen molar-refractivity contribution in [1.82, 2.24) is 15.6 Å². The van der Waals surface area contributed by atoms with Crippen LogP contribution in [0.4, 0.5) is 0 Å². The lowest BCUT2D eigenvalue weighted by Crippen LogP contribution is -2.18. The number of hydrogen-bond donors (Lipinski definition) is 2. The normalized spacial score (nSPS) is 11.8. The number of nitrogens with one attached hydrogen (secondary N) is 2. The number of nitrogens with zero attached hydrogens (tertiary/aromatic N) is 2.